The zero-order valence-electron chi connectivity index (χ0n) is 10.0. The normalized spacial score (nSPS) is 20.4. The van der Waals surface area contributed by atoms with Crippen LogP contribution < -0.4 is 5.73 Å². The van der Waals surface area contributed by atoms with E-state index in [9.17, 15) is 0 Å². The molecular weight excluding hydrogens is 182 g/mol. The fraction of sp³-hybridized carbons (Fsp3) is 0.571. The third-order valence-corrected chi connectivity index (χ3v) is 3.28. The highest BCUT2D eigenvalue weighted by Gasteiger charge is 2.26. The van der Waals surface area contributed by atoms with E-state index in [1.807, 2.05) is 0 Å². The molecule has 0 fully saturated rings. The largest absolute Gasteiger partial charge is 0.326 e. The van der Waals surface area contributed by atoms with E-state index < -0.39 is 0 Å². The van der Waals surface area contributed by atoms with Crippen molar-refractivity contribution >= 4 is 0 Å². The van der Waals surface area contributed by atoms with Crippen molar-refractivity contribution in [1.29, 1.82) is 0 Å². The zero-order valence-corrected chi connectivity index (χ0v) is 10.0. The van der Waals surface area contributed by atoms with Gasteiger partial charge in [-0.1, -0.05) is 23.8 Å². The minimum Gasteiger partial charge on any atom is -0.326 e. The molecular formula is C14H21N. The average molecular weight is 203 g/mol. The van der Waals surface area contributed by atoms with Crippen LogP contribution in [0.3, 0.4) is 0 Å². The molecule has 82 valence electrons. The standard InChI is InChI=1S/C14H21N/c1-10-4-5-11-6-7-12(13(11)8-10)9-14(2,3)15/h4-5,8,12H,6-7,9,15H2,1-3H3. The van der Waals surface area contributed by atoms with Crippen LogP contribution in [0.4, 0.5) is 0 Å². The first kappa shape index (κ1) is 10.7. The Morgan fingerprint density at radius 2 is 2.13 bits per heavy atom. The molecule has 0 radical (unpaired) electrons. The van der Waals surface area contributed by atoms with Crippen molar-refractivity contribution in [3.63, 3.8) is 0 Å². The van der Waals surface area contributed by atoms with E-state index in [1.165, 1.54) is 24.0 Å². The van der Waals surface area contributed by atoms with E-state index in [0.717, 1.165) is 6.42 Å². The smallest absolute Gasteiger partial charge is 0.0103 e. The van der Waals surface area contributed by atoms with Gasteiger partial charge < -0.3 is 5.73 Å². The summed E-state index contributed by atoms with van der Waals surface area (Å²) in [6.07, 6.45) is 3.61. The van der Waals surface area contributed by atoms with Crippen LogP contribution in [0, 0.1) is 6.92 Å². The third kappa shape index (κ3) is 2.40. The summed E-state index contributed by atoms with van der Waals surface area (Å²) in [6.45, 7) is 6.42. The van der Waals surface area contributed by atoms with Crippen molar-refractivity contribution in [2.24, 2.45) is 5.73 Å². The van der Waals surface area contributed by atoms with Crippen molar-refractivity contribution in [3.05, 3.63) is 34.9 Å². The summed E-state index contributed by atoms with van der Waals surface area (Å²) < 4.78 is 0. The fourth-order valence-corrected chi connectivity index (χ4v) is 2.65. The third-order valence-electron chi connectivity index (χ3n) is 3.28. The van der Waals surface area contributed by atoms with Crippen LogP contribution in [0.2, 0.25) is 0 Å². The van der Waals surface area contributed by atoms with Crippen LogP contribution in [0.15, 0.2) is 18.2 Å². The molecule has 1 aromatic carbocycles. The van der Waals surface area contributed by atoms with Gasteiger partial charge in [-0.3, -0.25) is 0 Å². The molecule has 1 atom stereocenters. The first-order valence-corrected chi connectivity index (χ1v) is 5.84. The van der Waals surface area contributed by atoms with Gasteiger partial charge in [0.2, 0.25) is 0 Å². The molecule has 0 spiro atoms. The minimum atomic E-state index is -0.0456. The summed E-state index contributed by atoms with van der Waals surface area (Å²) in [5, 5.41) is 0. The highest BCUT2D eigenvalue weighted by Crippen LogP contribution is 2.38. The van der Waals surface area contributed by atoms with Crippen LogP contribution in [-0.4, -0.2) is 5.54 Å². The number of aryl methyl sites for hydroxylation is 2. The van der Waals surface area contributed by atoms with Crippen LogP contribution in [-0.2, 0) is 6.42 Å². The number of benzene rings is 1. The number of fused-ring (bicyclic) bond motifs is 1. The number of hydrogen-bond donors (Lipinski definition) is 1. The highest BCUT2D eigenvalue weighted by atomic mass is 14.7. The topological polar surface area (TPSA) is 26.0 Å². The summed E-state index contributed by atoms with van der Waals surface area (Å²) >= 11 is 0. The summed E-state index contributed by atoms with van der Waals surface area (Å²) in [7, 11) is 0. The molecule has 1 aromatic rings. The maximum Gasteiger partial charge on any atom is 0.0103 e. The number of hydrogen-bond acceptors (Lipinski definition) is 1. The zero-order chi connectivity index (χ0) is 11.1. The second-order valence-electron chi connectivity index (χ2n) is 5.63. The lowest BCUT2D eigenvalue weighted by Crippen LogP contribution is -2.33. The van der Waals surface area contributed by atoms with Gasteiger partial charge in [0, 0.05) is 5.54 Å². The van der Waals surface area contributed by atoms with Crippen molar-refractivity contribution in [1.82, 2.24) is 0 Å². The minimum absolute atomic E-state index is 0.0456. The van der Waals surface area contributed by atoms with E-state index >= 15 is 0 Å². The monoisotopic (exact) mass is 203 g/mol. The lowest BCUT2D eigenvalue weighted by atomic mass is 9.87. The molecule has 0 aliphatic heterocycles. The van der Waals surface area contributed by atoms with Crippen molar-refractivity contribution in [3.8, 4) is 0 Å². The van der Waals surface area contributed by atoms with Gasteiger partial charge in [-0.05, 0) is 57.1 Å². The maximum absolute atomic E-state index is 6.11. The number of rotatable bonds is 2. The van der Waals surface area contributed by atoms with Crippen molar-refractivity contribution in [2.45, 2.75) is 51.5 Å². The van der Waals surface area contributed by atoms with Crippen LogP contribution in [0.1, 0.15) is 49.3 Å². The molecule has 1 aliphatic rings. The summed E-state index contributed by atoms with van der Waals surface area (Å²) in [5.41, 5.74) is 10.5. The lowest BCUT2D eigenvalue weighted by molar-refractivity contribution is 0.422. The Morgan fingerprint density at radius 3 is 2.80 bits per heavy atom. The lowest BCUT2D eigenvalue weighted by Gasteiger charge is -2.23. The quantitative estimate of drug-likeness (QED) is 0.785. The second kappa shape index (κ2) is 3.64. The van der Waals surface area contributed by atoms with Crippen LogP contribution in [0.5, 0.6) is 0 Å². The Balaban J connectivity index is 2.24. The first-order chi connectivity index (χ1) is 6.96. The van der Waals surface area contributed by atoms with Gasteiger partial charge in [-0.2, -0.15) is 0 Å². The molecule has 1 nitrogen and oxygen atoms in total. The van der Waals surface area contributed by atoms with Crippen molar-refractivity contribution in [2.75, 3.05) is 0 Å². The average Bonchev–Trinajstić information content (AvgIpc) is 2.46. The molecule has 0 bridgehead atoms. The second-order valence-corrected chi connectivity index (χ2v) is 5.63. The molecule has 0 saturated carbocycles. The van der Waals surface area contributed by atoms with Gasteiger partial charge in [0.25, 0.3) is 0 Å². The molecule has 1 aliphatic carbocycles. The number of nitrogens with two attached hydrogens (primary N) is 1. The molecule has 0 heterocycles. The van der Waals surface area contributed by atoms with Gasteiger partial charge in [-0.15, -0.1) is 0 Å². The molecule has 2 N–H and O–H groups in total. The molecule has 2 rings (SSSR count). The van der Waals surface area contributed by atoms with Crippen molar-refractivity contribution < 1.29 is 0 Å². The molecule has 0 aromatic heterocycles. The molecule has 1 unspecified atom stereocenters. The molecule has 0 amide bonds. The molecule has 1 heteroatoms. The Kier molecular flexibility index (Phi) is 2.59. The van der Waals surface area contributed by atoms with E-state index in [-0.39, 0.29) is 5.54 Å². The van der Waals surface area contributed by atoms with Crippen LogP contribution in [0.25, 0.3) is 0 Å². The van der Waals surface area contributed by atoms with Gasteiger partial charge >= 0.3 is 0 Å². The predicted molar refractivity (Wildman–Crippen MR) is 65.1 cm³/mol. The fourth-order valence-electron chi connectivity index (χ4n) is 2.65. The Hall–Kier alpha value is -0.820. The van der Waals surface area contributed by atoms with Gasteiger partial charge in [-0.25, -0.2) is 0 Å². The summed E-state index contributed by atoms with van der Waals surface area (Å²) in [6, 6.07) is 6.85. The summed E-state index contributed by atoms with van der Waals surface area (Å²) in [4.78, 5) is 0. The Morgan fingerprint density at radius 1 is 1.40 bits per heavy atom. The molecule has 0 saturated heterocycles. The van der Waals surface area contributed by atoms with Gasteiger partial charge in [0.05, 0.1) is 0 Å². The maximum atomic E-state index is 6.11. The van der Waals surface area contributed by atoms with Gasteiger partial charge in [0.15, 0.2) is 0 Å². The highest BCUT2D eigenvalue weighted by molar-refractivity contribution is 5.38. The first-order valence-electron chi connectivity index (χ1n) is 5.84. The predicted octanol–water partition coefficient (Wildman–Crippen LogP) is 3.15. The van der Waals surface area contributed by atoms with E-state index in [0.29, 0.717) is 5.92 Å². The van der Waals surface area contributed by atoms with E-state index in [4.69, 9.17) is 5.73 Å². The summed E-state index contributed by atoms with van der Waals surface area (Å²) in [5.74, 6) is 0.680. The van der Waals surface area contributed by atoms with Crippen LogP contribution >= 0.6 is 0 Å². The Labute approximate surface area is 92.7 Å². The van der Waals surface area contributed by atoms with Gasteiger partial charge in [0.1, 0.15) is 0 Å². The van der Waals surface area contributed by atoms with E-state index in [1.54, 1.807) is 5.56 Å². The van der Waals surface area contributed by atoms with E-state index in [2.05, 4.69) is 39.0 Å². The SMILES string of the molecule is Cc1ccc2c(c1)C(CC(C)(C)N)CC2. The molecule has 15 heavy (non-hydrogen) atoms. The Bertz CT molecular complexity index is 360.